The Labute approximate surface area is 99.0 Å². The zero-order valence-electron chi connectivity index (χ0n) is 8.43. The highest BCUT2D eigenvalue weighted by molar-refractivity contribution is 7.19. The summed E-state index contributed by atoms with van der Waals surface area (Å²) in [5, 5.41) is 16.3. The molecule has 1 aromatic carbocycles. The third kappa shape index (κ3) is 1.61. The molecule has 0 atom stereocenters. The van der Waals surface area contributed by atoms with Crippen molar-refractivity contribution in [1.82, 2.24) is 19.8 Å². The summed E-state index contributed by atoms with van der Waals surface area (Å²) in [6.45, 7) is 0. The molecule has 0 fully saturated rings. The van der Waals surface area contributed by atoms with E-state index in [0.29, 0.717) is 10.6 Å². The third-order valence-corrected chi connectivity index (χ3v) is 3.12. The zero-order valence-corrected chi connectivity index (χ0v) is 9.24. The molecule has 8 heteroatoms. The predicted molar refractivity (Wildman–Crippen MR) is 62.9 cm³/mol. The number of fused-ring (bicyclic) bond motifs is 1. The second kappa shape index (κ2) is 3.85. The minimum Gasteiger partial charge on any atom is -0.190 e. The maximum absolute atomic E-state index is 8.50. The summed E-state index contributed by atoms with van der Waals surface area (Å²) >= 11 is 1.39. The van der Waals surface area contributed by atoms with Crippen LogP contribution in [0.2, 0.25) is 0 Å². The molecule has 0 aliphatic carbocycles. The Balaban J connectivity index is 2.21. The molecule has 0 saturated heterocycles. The zero-order chi connectivity index (χ0) is 11.7. The molecule has 0 bridgehead atoms. The number of rotatable bonds is 2. The lowest BCUT2D eigenvalue weighted by molar-refractivity contribution is 0.960. The highest BCUT2D eigenvalue weighted by Crippen LogP contribution is 2.32. The number of aromatic nitrogens is 4. The standard InChI is InChI=1S/C9H5N7S/c10-15-12-7-4-2-1-3-6(7)8-14-16-5-11-13-9(16)17-8/h1-5H. The van der Waals surface area contributed by atoms with Crippen LogP contribution in [0.1, 0.15) is 0 Å². The van der Waals surface area contributed by atoms with Crippen LogP contribution in [0.15, 0.2) is 35.7 Å². The van der Waals surface area contributed by atoms with E-state index in [1.807, 2.05) is 18.2 Å². The van der Waals surface area contributed by atoms with E-state index >= 15 is 0 Å². The van der Waals surface area contributed by atoms with Crippen LogP contribution in [0.3, 0.4) is 0 Å². The van der Waals surface area contributed by atoms with Crippen LogP contribution in [0.5, 0.6) is 0 Å². The molecule has 17 heavy (non-hydrogen) atoms. The summed E-state index contributed by atoms with van der Waals surface area (Å²) in [6.07, 6.45) is 1.53. The van der Waals surface area contributed by atoms with E-state index in [1.54, 1.807) is 10.6 Å². The van der Waals surface area contributed by atoms with Gasteiger partial charge in [-0.2, -0.15) is 9.61 Å². The minimum absolute atomic E-state index is 0.556. The van der Waals surface area contributed by atoms with Crippen molar-refractivity contribution in [2.24, 2.45) is 5.11 Å². The highest BCUT2D eigenvalue weighted by Gasteiger charge is 2.10. The first kappa shape index (κ1) is 9.76. The van der Waals surface area contributed by atoms with E-state index in [-0.39, 0.29) is 0 Å². The van der Waals surface area contributed by atoms with Gasteiger partial charge in [-0.1, -0.05) is 40.7 Å². The van der Waals surface area contributed by atoms with Gasteiger partial charge in [-0.05, 0) is 5.53 Å². The average Bonchev–Trinajstić information content (AvgIpc) is 2.90. The van der Waals surface area contributed by atoms with E-state index in [1.165, 1.54) is 17.7 Å². The summed E-state index contributed by atoms with van der Waals surface area (Å²) in [4.78, 5) is 3.51. The first-order valence-corrected chi connectivity index (χ1v) is 5.51. The maximum Gasteiger partial charge on any atom is 0.234 e. The number of azide groups is 1. The van der Waals surface area contributed by atoms with Crippen molar-refractivity contribution in [1.29, 1.82) is 0 Å². The van der Waals surface area contributed by atoms with Crippen molar-refractivity contribution in [3.05, 3.63) is 41.0 Å². The van der Waals surface area contributed by atoms with Crippen molar-refractivity contribution in [3.63, 3.8) is 0 Å². The van der Waals surface area contributed by atoms with Gasteiger partial charge >= 0.3 is 0 Å². The first-order chi connectivity index (χ1) is 8.38. The second-order valence-corrected chi connectivity index (χ2v) is 4.13. The fourth-order valence-electron chi connectivity index (χ4n) is 1.46. The van der Waals surface area contributed by atoms with Crippen LogP contribution in [0.25, 0.3) is 26.0 Å². The predicted octanol–water partition coefficient (Wildman–Crippen LogP) is 2.79. The van der Waals surface area contributed by atoms with E-state index in [9.17, 15) is 0 Å². The van der Waals surface area contributed by atoms with Gasteiger partial charge in [-0.25, -0.2) is 0 Å². The van der Waals surface area contributed by atoms with Gasteiger partial charge in [0.05, 0.1) is 0 Å². The lowest BCUT2D eigenvalue weighted by Crippen LogP contribution is -1.82. The fourth-order valence-corrected chi connectivity index (χ4v) is 2.31. The van der Waals surface area contributed by atoms with E-state index < -0.39 is 0 Å². The largest absolute Gasteiger partial charge is 0.234 e. The topological polar surface area (TPSA) is 91.8 Å². The van der Waals surface area contributed by atoms with Crippen molar-refractivity contribution in [2.75, 3.05) is 0 Å². The summed E-state index contributed by atoms with van der Waals surface area (Å²) in [5.41, 5.74) is 9.85. The molecule has 0 aliphatic rings. The fraction of sp³-hybridized carbons (Fsp3) is 0. The van der Waals surface area contributed by atoms with Crippen LogP contribution < -0.4 is 0 Å². The first-order valence-electron chi connectivity index (χ1n) is 4.70. The van der Waals surface area contributed by atoms with Crippen LogP contribution in [-0.4, -0.2) is 19.8 Å². The van der Waals surface area contributed by atoms with E-state index in [2.05, 4.69) is 25.3 Å². The van der Waals surface area contributed by atoms with Gasteiger partial charge in [0.2, 0.25) is 4.96 Å². The monoisotopic (exact) mass is 243 g/mol. The molecule has 0 radical (unpaired) electrons. The molecular weight excluding hydrogens is 238 g/mol. The Kier molecular flexibility index (Phi) is 2.21. The minimum atomic E-state index is 0.556. The van der Waals surface area contributed by atoms with Crippen LogP contribution >= 0.6 is 11.3 Å². The third-order valence-electron chi connectivity index (χ3n) is 2.17. The van der Waals surface area contributed by atoms with Crippen molar-refractivity contribution in [2.45, 2.75) is 0 Å². The van der Waals surface area contributed by atoms with E-state index in [4.69, 9.17) is 5.53 Å². The van der Waals surface area contributed by atoms with Gasteiger partial charge < -0.3 is 0 Å². The van der Waals surface area contributed by atoms with Crippen LogP contribution in [0.4, 0.5) is 5.69 Å². The molecule has 0 spiro atoms. The Hall–Kier alpha value is -2.44. The van der Waals surface area contributed by atoms with Crippen LogP contribution in [-0.2, 0) is 0 Å². The summed E-state index contributed by atoms with van der Waals surface area (Å²) < 4.78 is 1.59. The molecule has 3 aromatic rings. The van der Waals surface area contributed by atoms with Gasteiger partial charge in [0.25, 0.3) is 0 Å². The van der Waals surface area contributed by atoms with Gasteiger partial charge in [0.15, 0.2) is 0 Å². The average molecular weight is 243 g/mol. The van der Waals surface area contributed by atoms with Gasteiger partial charge in [0.1, 0.15) is 11.3 Å². The molecule has 0 saturated carbocycles. The van der Waals surface area contributed by atoms with Crippen LogP contribution in [0, 0.1) is 0 Å². The lowest BCUT2D eigenvalue weighted by atomic mass is 10.2. The van der Waals surface area contributed by atoms with Gasteiger partial charge in [0, 0.05) is 16.2 Å². The molecule has 2 heterocycles. The summed E-state index contributed by atoms with van der Waals surface area (Å²) in [6, 6.07) is 7.29. The summed E-state index contributed by atoms with van der Waals surface area (Å²) in [5.74, 6) is 0. The normalized spacial score (nSPS) is 10.4. The Morgan fingerprint density at radius 1 is 1.35 bits per heavy atom. The van der Waals surface area contributed by atoms with Crippen molar-refractivity contribution in [3.8, 4) is 10.6 Å². The quantitative estimate of drug-likeness (QED) is 0.393. The molecule has 2 aromatic heterocycles. The number of nitrogens with zero attached hydrogens (tertiary/aromatic N) is 7. The van der Waals surface area contributed by atoms with Gasteiger partial charge in [-0.3, -0.25) is 0 Å². The number of hydrogen-bond donors (Lipinski definition) is 0. The molecule has 0 amide bonds. The Morgan fingerprint density at radius 2 is 2.24 bits per heavy atom. The smallest absolute Gasteiger partial charge is 0.190 e. The molecule has 0 unspecified atom stereocenters. The van der Waals surface area contributed by atoms with Crippen molar-refractivity contribution >= 4 is 22.0 Å². The Morgan fingerprint density at radius 3 is 3.06 bits per heavy atom. The maximum atomic E-state index is 8.50. The number of benzene rings is 1. The Bertz CT molecular complexity index is 693. The highest BCUT2D eigenvalue weighted by atomic mass is 32.1. The van der Waals surface area contributed by atoms with Gasteiger partial charge in [-0.15, -0.1) is 10.2 Å². The SMILES string of the molecule is [N-]=[N+]=Nc1ccccc1-c1nn2cnnc2s1. The van der Waals surface area contributed by atoms with Crippen molar-refractivity contribution < 1.29 is 0 Å². The summed E-state index contributed by atoms with van der Waals surface area (Å²) in [7, 11) is 0. The molecular formula is C9H5N7S. The molecule has 0 aliphatic heterocycles. The number of hydrogen-bond acceptors (Lipinski definition) is 5. The molecule has 0 N–H and O–H groups in total. The molecule has 3 rings (SSSR count). The van der Waals surface area contributed by atoms with E-state index in [0.717, 1.165) is 10.6 Å². The molecule has 7 nitrogen and oxygen atoms in total. The molecule has 82 valence electrons. The lowest BCUT2D eigenvalue weighted by Gasteiger charge is -1.98. The second-order valence-electron chi connectivity index (χ2n) is 3.17.